The van der Waals surface area contributed by atoms with Crippen LogP contribution in [0, 0.1) is 6.92 Å². The number of piperazine rings is 1. The molecule has 0 saturated carbocycles. The number of hydrogen-bond donors (Lipinski definition) is 3. The highest BCUT2D eigenvalue weighted by Gasteiger charge is 2.24. The minimum atomic E-state index is 0.102. The molecule has 4 nitrogen and oxygen atoms in total. The summed E-state index contributed by atoms with van der Waals surface area (Å²) in [5, 5.41) is 3.82. The summed E-state index contributed by atoms with van der Waals surface area (Å²) in [7, 11) is 0. The third kappa shape index (κ3) is 5.30. The first kappa shape index (κ1) is 17.9. The zero-order valence-corrected chi connectivity index (χ0v) is 15.4. The van der Waals surface area contributed by atoms with Gasteiger partial charge in [-0.15, -0.1) is 0 Å². The average molecular weight is 360 g/mol. The molecule has 0 bridgehead atoms. The summed E-state index contributed by atoms with van der Waals surface area (Å²) in [6, 6.07) is 16.0. The van der Waals surface area contributed by atoms with E-state index in [1.807, 2.05) is 43.3 Å². The van der Waals surface area contributed by atoms with E-state index in [1.165, 1.54) is 10.5 Å². The van der Waals surface area contributed by atoms with Crippen molar-refractivity contribution >= 4 is 23.2 Å². The SMILES string of the molecule is Cc1ccccc1NC(=O)C[NH+]1CC[NH+](Cc2ccc(Cl)cc2)CC1. The van der Waals surface area contributed by atoms with E-state index in [4.69, 9.17) is 11.6 Å². The lowest BCUT2D eigenvalue weighted by Crippen LogP contribution is -3.28. The molecule has 2 aromatic carbocycles. The van der Waals surface area contributed by atoms with Crippen molar-refractivity contribution in [2.24, 2.45) is 0 Å². The summed E-state index contributed by atoms with van der Waals surface area (Å²) in [5.41, 5.74) is 3.34. The molecule has 25 heavy (non-hydrogen) atoms. The molecule has 1 saturated heterocycles. The van der Waals surface area contributed by atoms with Crippen LogP contribution in [-0.2, 0) is 11.3 Å². The number of amides is 1. The summed E-state index contributed by atoms with van der Waals surface area (Å²) in [4.78, 5) is 15.2. The van der Waals surface area contributed by atoms with E-state index < -0.39 is 0 Å². The van der Waals surface area contributed by atoms with Crippen LogP contribution in [0.25, 0.3) is 0 Å². The first-order chi connectivity index (χ1) is 12.1. The van der Waals surface area contributed by atoms with Crippen LogP contribution in [0.15, 0.2) is 48.5 Å². The average Bonchev–Trinajstić information content (AvgIpc) is 2.61. The third-order valence-corrected chi connectivity index (χ3v) is 5.11. The Balaban J connectivity index is 1.43. The van der Waals surface area contributed by atoms with Crippen molar-refractivity contribution in [1.29, 1.82) is 0 Å². The first-order valence-electron chi connectivity index (χ1n) is 8.87. The Morgan fingerprint density at radius 3 is 2.32 bits per heavy atom. The van der Waals surface area contributed by atoms with Crippen LogP contribution in [0.2, 0.25) is 5.02 Å². The molecule has 1 heterocycles. The number of carbonyl (C=O) groups is 1. The number of hydrogen-bond acceptors (Lipinski definition) is 1. The van der Waals surface area contributed by atoms with E-state index in [2.05, 4.69) is 17.4 Å². The number of para-hydroxylation sites is 1. The Hall–Kier alpha value is -1.88. The van der Waals surface area contributed by atoms with Crippen LogP contribution in [0.3, 0.4) is 0 Å². The Morgan fingerprint density at radius 1 is 1.00 bits per heavy atom. The predicted octanol–water partition coefficient (Wildman–Crippen LogP) is 0.571. The summed E-state index contributed by atoms with van der Waals surface area (Å²) >= 11 is 5.94. The standard InChI is InChI=1S/C20H24ClN3O/c1-16-4-2-3-5-19(16)22-20(25)15-24-12-10-23(11-13-24)14-17-6-8-18(21)9-7-17/h2-9H,10-15H2,1H3,(H,22,25)/p+2. The smallest absolute Gasteiger partial charge is 0.279 e. The fourth-order valence-electron chi connectivity index (χ4n) is 3.34. The van der Waals surface area contributed by atoms with Gasteiger partial charge in [0.05, 0.1) is 0 Å². The topological polar surface area (TPSA) is 38.0 Å². The highest BCUT2D eigenvalue weighted by molar-refractivity contribution is 6.30. The van der Waals surface area contributed by atoms with Crippen molar-refractivity contribution in [2.45, 2.75) is 13.5 Å². The van der Waals surface area contributed by atoms with Gasteiger partial charge in [0.2, 0.25) is 0 Å². The van der Waals surface area contributed by atoms with Crippen molar-refractivity contribution in [3.8, 4) is 0 Å². The molecule has 1 amide bonds. The van der Waals surface area contributed by atoms with Gasteiger partial charge >= 0.3 is 0 Å². The molecule has 0 unspecified atom stereocenters. The lowest BCUT2D eigenvalue weighted by atomic mass is 10.2. The lowest BCUT2D eigenvalue weighted by molar-refractivity contribution is -1.02. The summed E-state index contributed by atoms with van der Waals surface area (Å²) in [5.74, 6) is 0.102. The molecule has 1 aliphatic rings. The monoisotopic (exact) mass is 359 g/mol. The molecule has 5 heteroatoms. The van der Waals surface area contributed by atoms with Gasteiger partial charge in [0.1, 0.15) is 32.7 Å². The Kier molecular flexibility index (Phi) is 6.08. The van der Waals surface area contributed by atoms with E-state index in [0.29, 0.717) is 6.54 Å². The number of anilines is 1. The second-order valence-corrected chi connectivity index (χ2v) is 7.28. The molecule has 3 N–H and O–H groups in total. The van der Waals surface area contributed by atoms with Crippen LogP contribution in [-0.4, -0.2) is 38.6 Å². The zero-order valence-electron chi connectivity index (χ0n) is 14.6. The minimum Gasteiger partial charge on any atom is -0.322 e. The first-order valence-corrected chi connectivity index (χ1v) is 9.25. The summed E-state index contributed by atoms with van der Waals surface area (Å²) in [6.45, 7) is 7.84. The molecule has 1 fully saturated rings. The molecule has 3 rings (SSSR count). The van der Waals surface area contributed by atoms with Gasteiger partial charge < -0.3 is 15.1 Å². The van der Waals surface area contributed by atoms with Gasteiger partial charge in [0.25, 0.3) is 5.91 Å². The Labute approximate surface area is 154 Å². The second kappa shape index (κ2) is 8.48. The Bertz CT molecular complexity index is 709. The molecule has 0 spiro atoms. The number of halogens is 1. The largest absolute Gasteiger partial charge is 0.322 e. The van der Waals surface area contributed by atoms with Gasteiger partial charge in [-0.1, -0.05) is 41.9 Å². The van der Waals surface area contributed by atoms with Gasteiger partial charge in [0, 0.05) is 16.3 Å². The van der Waals surface area contributed by atoms with E-state index in [0.717, 1.165) is 49.0 Å². The number of carbonyl (C=O) groups excluding carboxylic acids is 1. The van der Waals surface area contributed by atoms with E-state index >= 15 is 0 Å². The maximum Gasteiger partial charge on any atom is 0.279 e. The van der Waals surface area contributed by atoms with Crippen LogP contribution in [0.5, 0.6) is 0 Å². The Morgan fingerprint density at radius 2 is 1.64 bits per heavy atom. The molecule has 0 atom stereocenters. The lowest BCUT2D eigenvalue weighted by Gasteiger charge is -2.29. The second-order valence-electron chi connectivity index (χ2n) is 6.84. The van der Waals surface area contributed by atoms with Gasteiger partial charge in [-0.2, -0.15) is 0 Å². The molecule has 2 aromatic rings. The molecule has 0 aromatic heterocycles. The number of quaternary nitrogens is 2. The van der Waals surface area contributed by atoms with Crippen molar-refractivity contribution in [2.75, 3.05) is 38.0 Å². The van der Waals surface area contributed by atoms with Gasteiger partial charge in [-0.05, 0) is 30.7 Å². The molecule has 132 valence electrons. The molecular weight excluding hydrogens is 334 g/mol. The van der Waals surface area contributed by atoms with Gasteiger partial charge in [-0.25, -0.2) is 0 Å². The van der Waals surface area contributed by atoms with E-state index in [9.17, 15) is 4.79 Å². The maximum atomic E-state index is 12.3. The fourth-order valence-corrected chi connectivity index (χ4v) is 3.46. The molecule has 0 aliphatic carbocycles. The summed E-state index contributed by atoms with van der Waals surface area (Å²) in [6.07, 6.45) is 0. The number of nitrogens with one attached hydrogen (secondary N) is 3. The van der Waals surface area contributed by atoms with Crippen molar-refractivity contribution in [3.05, 3.63) is 64.7 Å². The molecular formula is C20H26ClN3O+2. The molecule has 1 aliphatic heterocycles. The normalized spacial score (nSPS) is 20.2. The number of rotatable bonds is 5. The number of aryl methyl sites for hydroxylation is 1. The fraction of sp³-hybridized carbons (Fsp3) is 0.350. The van der Waals surface area contributed by atoms with Crippen LogP contribution in [0.1, 0.15) is 11.1 Å². The quantitative estimate of drug-likeness (QED) is 0.717. The van der Waals surface area contributed by atoms with E-state index in [1.54, 1.807) is 4.90 Å². The third-order valence-electron chi connectivity index (χ3n) is 4.86. The predicted molar refractivity (Wildman–Crippen MR) is 101 cm³/mol. The van der Waals surface area contributed by atoms with Crippen LogP contribution >= 0.6 is 11.6 Å². The maximum absolute atomic E-state index is 12.3. The van der Waals surface area contributed by atoms with Crippen molar-refractivity contribution in [3.63, 3.8) is 0 Å². The van der Waals surface area contributed by atoms with E-state index in [-0.39, 0.29) is 5.91 Å². The van der Waals surface area contributed by atoms with Gasteiger partial charge in [0.15, 0.2) is 6.54 Å². The highest BCUT2D eigenvalue weighted by atomic mass is 35.5. The highest BCUT2D eigenvalue weighted by Crippen LogP contribution is 2.12. The number of benzene rings is 2. The van der Waals surface area contributed by atoms with Crippen LogP contribution in [0.4, 0.5) is 5.69 Å². The van der Waals surface area contributed by atoms with Gasteiger partial charge in [-0.3, -0.25) is 4.79 Å². The van der Waals surface area contributed by atoms with Crippen molar-refractivity contribution < 1.29 is 14.6 Å². The summed E-state index contributed by atoms with van der Waals surface area (Å²) < 4.78 is 0. The zero-order chi connectivity index (χ0) is 17.6. The minimum absolute atomic E-state index is 0.102. The van der Waals surface area contributed by atoms with Crippen molar-refractivity contribution in [1.82, 2.24) is 0 Å². The van der Waals surface area contributed by atoms with Crippen LogP contribution < -0.4 is 15.1 Å². The molecule has 0 radical (unpaired) electrons.